The standard InChI is InChI=1S/C16H20N6/c1-2-9-21-15-13(19-16(21)22-10-5-8-18-22)11-17-14(20-15)12-6-3-4-7-12/h5,8,10-12H,2-4,6-7,9H2,1H3. The minimum Gasteiger partial charge on any atom is -0.293 e. The first-order valence-corrected chi connectivity index (χ1v) is 8.10. The van der Waals surface area contributed by atoms with Gasteiger partial charge in [0.2, 0.25) is 5.95 Å². The lowest BCUT2D eigenvalue weighted by molar-refractivity contribution is 0.637. The molecular weight excluding hydrogens is 276 g/mol. The number of nitrogens with zero attached hydrogens (tertiary/aromatic N) is 6. The van der Waals surface area contributed by atoms with Crippen molar-refractivity contribution < 1.29 is 0 Å². The lowest BCUT2D eigenvalue weighted by Gasteiger charge is -2.09. The number of hydrogen-bond donors (Lipinski definition) is 0. The SMILES string of the molecule is CCCn1c(-n2cccn2)nc2cnc(C3CCCC3)nc21. The summed E-state index contributed by atoms with van der Waals surface area (Å²) in [5, 5.41) is 4.31. The summed E-state index contributed by atoms with van der Waals surface area (Å²) in [6, 6.07) is 1.91. The van der Waals surface area contributed by atoms with Gasteiger partial charge in [0.25, 0.3) is 0 Å². The summed E-state index contributed by atoms with van der Waals surface area (Å²) in [6.45, 7) is 3.05. The van der Waals surface area contributed by atoms with Gasteiger partial charge in [0.05, 0.1) is 6.20 Å². The zero-order chi connectivity index (χ0) is 14.9. The topological polar surface area (TPSA) is 61.4 Å². The highest BCUT2D eigenvalue weighted by molar-refractivity contribution is 5.72. The molecule has 22 heavy (non-hydrogen) atoms. The van der Waals surface area contributed by atoms with E-state index in [1.54, 1.807) is 10.9 Å². The number of aromatic nitrogens is 6. The Balaban J connectivity index is 1.85. The fourth-order valence-electron chi connectivity index (χ4n) is 3.29. The third kappa shape index (κ3) is 2.19. The van der Waals surface area contributed by atoms with Crippen LogP contribution in [0.15, 0.2) is 24.7 Å². The molecule has 0 aliphatic heterocycles. The second-order valence-electron chi connectivity index (χ2n) is 5.93. The second kappa shape index (κ2) is 5.51. The Bertz CT molecular complexity index is 767. The highest BCUT2D eigenvalue weighted by Gasteiger charge is 2.22. The molecule has 1 saturated carbocycles. The molecule has 0 amide bonds. The molecule has 3 aromatic heterocycles. The molecule has 3 aromatic rings. The molecule has 6 heteroatoms. The number of imidazole rings is 1. The minimum atomic E-state index is 0.516. The fraction of sp³-hybridized carbons (Fsp3) is 0.500. The van der Waals surface area contributed by atoms with Gasteiger partial charge in [-0.05, 0) is 25.3 Å². The lowest BCUT2D eigenvalue weighted by atomic mass is 10.1. The molecule has 0 saturated heterocycles. The van der Waals surface area contributed by atoms with E-state index in [-0.39, 0.29) is 0 Å². The molecule has 6 nitrogen and oxygen atoms in total. The Morgan fingerprint density at radius 2 is 2.09 bits per heavy atom. The van der Waals surface area contributed by atoms with Crippen molar-refractivity contribution >= 4 is 11.2 Å². The van der Waals surface area contributed by atoms with Gasteiger partial charge in [0, 0.05) is 24.9 Å². The van der Waals surface area contributed by atoms with E-state index in [0.29, 0.717) is 5.92 Å². The summed E-state index contributed by atoms with van der Waals surface area (Å²) < 4.78 is 3.95. The third-order valence-corrected chi connectivity index (χ3v) is 4.36. The van der Waals surface area contributed by atoms with E-state index in [9.17, 15) is 0 Å². The number of fused-ring (bicyclic) bond motifs is 1. The summed E-state index contributed by atoms with van der Waals surface area (Å²) in [5.74, 6) is 2.32. The highest BCUT2D eigenvalue weighted by atomic mass is 15.4. The van der Waals surface area contributed by atoms with Crippen LogP contribution in [-0.4, -0.2) is 29.3 Å². The van der Waals surface area contributed by atoms with Gasteiger partial charge in [-0.1, -0.05) is 19.8 Å². The molecule has 114 valence electrons. The average molecular weight is 296 g/mol. The van der Waals surface area contributed by atoms with Gasteiger partial charge in [-0.15, -0.1) is 0 Å². The van der Waals surface area contributed by atoms with Crippen LogP contribution >= 0.6 is 0 Å². The zero-order valence-corrected chi connectivity index (χ0v) is 12.8. The van der Waals surface area contributed by atoms with Crippen molar-refractivity contribution in [2.45, 2.75) is 51.5 Å². The van der Waals surface area contributed by atoms with Crippen LogP contribution < -0.4 is 0 Å². The number of aryl methyl sites for hydroxylation is 1. The molecule has 0 aromatic carbocycles. The van der Waals surface area contributed by atoms with Crippen LogP contribution in [0.1, 0.15) is 50.8 Å². The molecule has 1 aliphatic rings. The van der Waals surface area contributed by atoms with Crippen molar-refractivity contribution in [3.8, 4) is 5.95 Å². The molecule has 0 N–H and O–H groups in total. The maximum atomic E-state index is 4.85. The summed E-state index contributed by atoms with van der Waals surface area (Å²) in [6.07, 6.45) is 11.6. The smallest absolute Gasteiger partial charge is 0.233 e. The van der Waals surface area contributed by atoms with Gasteiger partial charge in [-0.25, -0.2) is 19.6 Å². The highest BCUT2D eigenvalue weighted by Crippen LogP contribution is 2.32. The van der Waals surface area contributed by atoms with Crippen molar-refractivity contribution in [1.82, 2.24) is 29.3 Å². The van der Waals surface area contributed by atoms with E-state index in [2.05, 4.69) is 26.6 Å². The molecule has 0 radical (unpaired) electrons. The van der Waals surface area contributed by atoms with Gasteiger partial charge in [0.1, 0.15) is 11.3 Å². The summed E-state index contributed by atoms with van der Waals surface area (Å²) in [7, 11) is 0. The van der Waals surface area contributed by atoms with E-state index in [0.717, 1.165) is 35.9 Å². The largest absolute Gasteiger partial charge is 0.293 e. The quantitative estimate of drug-likeness (QED) is 0.742. The zero-order valence-electron chi connectivity index (χ0n) is 12.8. The fourth-order valence-corrected chi connectivity index (χ4v) is 3.29. The van der Waals surface area contributed by atoms with Crippen LogP contribution in [0.5, 0.6) is 0 Å². The van der Waals surface area contributed by atoms with Crippen LogP contribution in [0.25, 0.3) is 17.1 Å². The molecule has 0 unspecified atom stereocenters. The summed E-state index contributed by atoms with van der Waals surface area (Å²) in [4.78, 5) is 14.1. The maximum Gasteiger partial charge on any atom is 0.233 e. The monoisotopic (exact) mass is 296 g/mol. The van der Waals surface area contributed by atoms with Crippen molar-refractivity contribution in [1.29, 1.82) is 0 Å². The van der Waals surface area contributed by atoms with E-state index in [1.165, 1.54) is 25.7 Å². The Kier molecular flexibility index (Phi) is 3.36. The van der Waals surface area contributed by atoms with Gasteiger partial charge >= 0.3 is 0 Å². The van der Waals surface area contributed by atoms with Crippen molar-refractivity contribution in [3.05, 3.63) is 30.5 Å². The molecule has 0 bridgehead atoms. The van der Waals surface area contributed by atoms with Crippen LogP contribution in [0.4, 0.5) is 0 Å². The maximum absolute atomic E-state index is 4.85. The molecule has 1 aliphatic carbocycles. The van der Waals surface area contributed by atoms with Gasteiger partial charge in [-0.3, -0.25) is 4.57 Å². The van der Waals surface area contributed by atoms with Gasteiger partial charge in [0.15, 0.2) is 5.65 Å². The molecule has 3 heterocycles. The first-order valence-electron chi connectivity index (χ1n) is 8.10. The summed E-state index contributed by atoms with van der Waals surface area (Å²) in [5.41, 5.74) is 1.78. The summed E-state index contributed by atoms with van der Waals surface area (Å²) >= 11 is 0. The molecule has 0 spiro atoms. The Hall–Kier alpha value is -2.24. The predicted octanol–water partition coefficient (Wildman–Crippen LogP) is 3.08. The molecule has 1 fully saturated rings. The van der Waals surface area contributed by atoms with E-state index >= 15 is 0 Å². The Morgan fingerprint density at radius 1 is 1.23 bits per heavy atom. The molecular formula is C16H20N6. The van der Waals surface area contributed by atoms with Crippen molar-refractivity contribution in [2.24, 2.45) is 0 Å². The van der Waals surface area contributed by atoms with Crippen LogP contribution in [0.3, 0.4) is 0 Å². The number of hydrogen-bond acceptors (Lipinski definition) is 4. The predicted molar refractivity (Wildman–Crippen MR) is 83.9 cm³/mol. The first-order chi connectivity index (χ1) is 10.9. The van der Waals surface area contributed by atoms with Crippen LogP contribution in [-0.2, 0) is 6.54 Å². The van der Waals surface area contributed by atoms with Crippen LogP contribution in [0, 0.1) is 0 Å². The van der Waals surface area contributed by atoms with Crippen molar-refractivity contribution in [3.63, 3.8) is 0 Å². The number of rotatable bonds is 4. The van der Waals surface area contributed by atoms with E-state index in [1.807, 2.05) is 18.5 Å². The Labute approximate surface area is 129 Å². The van der Waals surface area contributed by atoms with E-state index in [4.69, 9.17) is 4.98 Å². The first kappa shape index (κ1) is 13.4. The Morgan fingerprint density at radius 3 is 2.82 bits per heavy atom. The second-order valence-corrected chi connectivity index (χ2v) is 5.93. The third-order valence-electron chi connectivity index (χ3n) is 4.36. The normalized spacial score (nSPS) is 15.9. The average Bonchev–Trinajstić information content (AvgIpc) is 3.28. The van der Waals surface area contributed by atoms with Crippen LogP contribution in [0.2, 0.25) is 0 Å². The van der Waals surface area contributed by atoms with Gasteiger partial charge in [-0.2, -0.15) is 5.10 Å². The van der Waals surface area contributed by atoms with Crippen molar-refractivity contribution in [2.75, 3.05) is 0 Å². The molecule has 0 atom stereocenters. The minimum absolute atomic E-state index is 0.516. The van der Waals surface area contributed by atoms with E-state index < -0.39 is 0 Å². The van der Waals surface area contributed by atoms with Gasteiger partial charge < -0.3 is 0 Å². The lowest BCUT2D eigenvalue weighted by Crippen LogP contribution is -2.08. The molecule has 4 rings (SSSR count).